The molecule has 1 N–H and O–H groups in total. The van der Waals surface area contributed by atoms with E-state index in [0.29, 0.717) is 32.4 Å². The summed E-state index contributed by atoms with van der Waals surface area (Å²) in [6.07, 6.45) is 3.27. The number of likely N-dealkylation sites (tertiary alicyclic amines) is 1. The summed E-state index contributed by atoms with van der Waals surface area (Å²) < 4.78 is 5.89. The maximum atomic E-state index is 12.6. The van der Waals surface area contributed by atoms with E-state index in [4.69, 9.17) is 4.74 Å². The van der Waals surface area contributed by atoms with Crippen molar-refractivity contribution in [2.24, 2.45) is 0 Å². The van der Waals surface area contributed by atoms with Crippen molar-refractivity contribution in [2.45, 2.75) is 51.6 Å². The molecule has 1 aliphatic rings. The van der Waals surface area contributed by atoms with E-state index in [1.165, 1.54) is 16.7 Å². The highest BCUT2D eigenvalue weighted by Gasteiger charge is 2.32. The Balaban J connectivity index is 1.50. The zero-order valence-electron chi connectivity index (χ0n) is 17.0. The summed E-state index contributed by atoms with van der Waals surface area (Å²) in [5, 5.41) is 11.0. The van der Waals surface area contributed by atoms with Gasteiger partial charge in [-0.05, 0) is 68.4 Å². The fraction of sp³-hybridized carbons (Fsp3) is 0.458. The SMILES string of the molecule is Cc1ccc(OCC2(O)CCCN(C(=O)CCc3ccccc3)CC2)cc1C. The lowest BCUT2D eigenvalue weighted by Crippen LogP contribution is -2.38. The molecule has 28 heavy (non-hydrogen) atoms. The second-order valence-corrected chi connectivity index (χ2v) is 7.98. The largest absolute Gasteiger partial charge is 0.491 e. The molecule has 2 aromatic carbocycles. The summed E-state index contributed by atoms with van der Waals surface area (Å²) in [6.45, 7) is 5.68. The highest BCUT2D eigenvalue weighted by atomic mass is 16.5. The molecule has 1 unspecified atom stereocenters. The monoisotopic (exact) mass is 381 g/mol. The van der Waals surface area contributed by atoms with E-state index in [-0.39, 0.29) is 12.5 Å². The molecule has 150 valence electrons. The topological polar surface area (TPSA) is 49.8 Å². The summed E-state index contributed by atoms with van der Waals surface area (Å²) in [7, 11) is 0. The zero-order valence-corrected chi connectivity index (χ0v) is 17.0. The van der Waals surface area contributed by atoms with Crippen LogP contribution >= 0.6 is 0 Å². The van der Waals surface area contributed by atoms with Gasteiger partial charge in [0.05, 0.1) is 0 Å². The van der Waals surface area contributed by atoms with Crippen LogP contribution in [0.15, 0.2) is 48.5 Å². The quantitative estimate of drug-likeness (QED) is 0.821. The van der Waals surface area contributed by atoms with Gasteiger partial charge in [0.1, 0.15) is 18.0 Å². The van der Waals surface area contributed by atoms with Crippen LogP contribution in [0.25, 0.3) is 0 Å². The van der Waals surface area contributed by atoms with Gasteiger partial charge in [-0.15, -0.1) is 0 Å². The van der Waals surface area contributed by atoms with Crippen molar-refractivity contribution >= 4 is 5.91 Å². The molecule has 4 nitrogen and oxygen atoms in total. The van der Waals surface area contributed by atoms with Gasteiger partial charge in [0.15, 0.2) is 0 Å². The number of carbonyl (C=O) groups excluding carboxylic acids is 1. The van der Waals surface area contributed by atoms with Crippen LogP contribution in [-0.2, 0) is 11.2 Å². The molecule has 1 amide bonds. The molecule has 0 spiro atoms. The number of hydrogen-bond acceptors (Lipinski definition) is 3. The van der Waals surface area contributed by atoms with Crippen LogP contribution in [0.1, 0.15) is 42.4 Å². The molecule has 1 heterocycles. The van der Waals surface area contributed by atoms with Crippen molar-refractivity contribution < 1.29 is 14.6 Å². The van der Waals surface area contributed by atoms with Gasteiger partial charge >= 0.3 is 0 Å². The van der Waals surface area contributed by atoms with Gasteiger partial charge in [-0.1, -0.05) is 36.4 Å². The van der Waals surface area contributed by atoms with Gasteiger partial charge in [-0.2, -0.15) is 0 Å². The summed E-state index contributed by atoms with van der Waals surface area (Å²) >= 11 is 0. The van der Waals surface area contributed by atoms with E-state index >= 15 is 0 Å². The molecule has 2 aromatic rings. The third-order valence-corrected chi connectivity index (χ3v) is 5.73. The first kappa shape index (κ1) is 20.4. The maximum Gasteiger partial charge on any atom is 0.222 e. The van der Waals surface area contributed by atoms with Gasteiger partial charge < -0.3 is 14.7 Å². The van der Waals surface area contributed by atoms with E-state index < -0.39 is 5.60 Å². The molecular weight excluding hydrogens is 350 g/mol. The first-order valence-electron chi connectivity index (χ1n) is 10.2. The van der Waals surface area contributed by atoms with Gasteiger partial charge in [-0.3, -0.25) is 4.79 Å². The van der Waals surface area contributed by atoms with E-state index in [1.54, 1.807) is 0 Å². The lowest BCUT2D eigenvalue weighted by atomic mass is 9.96. The van der Waals surface area contributed by atoms with Crippen LogP contribution in [0, 0.1) is 13.8 Å². The number of benzene rings is 2. The van der Waals surface area contributed by atoms with Gasteiger partial charge in [0, 0.05) is 19.5 Å². The highest BCUT2D eigenvalue weighted by molar-refractivity contribution is 5.76. The van der Waals surface area contributed by atoms with Crippen LogP contribution in [0.5, 0.6) is 5.75 Å². The van der Waals surface area contributed by atoms with Crippen LogP contribution in [0.2, 0.25) is 0 Å². The molecule has 0 aliphatic carbocycles. The number of amides is 1. The average Bonchev–Trinajstić information content (AvgIpc) is 2.90. The minimum absolute atomic E-state index is 0.170. The van der Waals surface area contributed by atoms with Crippen molar-refractivity contribution in [2.75, 3.05) is 19.7 Å². The van der Waals surface area contributed by atoms with Gasteiger partial charge in [-0.25, -0.2) is 0 Å². The van der Waals surface area contributed by atoms with Crippen LogP contribution in [0.3, 0.4) is 0 Å². The molecule has 0 aromatic heterocycles. The first-order valence-corrected chi connectivity index (χ1v) is 10.2. The van der Waals surface area contributed by atoms with Crippen molar-refractivity contribution in [1.82, 2.24) is 4.90 Å². The van der Waals surface area contributed by atoms with Crippen molar-refractivity contribution in [3.8, 4) is 5.75 Å². The Morgan fingerprint density at radius 3 is 2.61 bits per heavy atom. The highest BCUT2D eigenvalue weighted by Crippen LogP contribution is 2.25. The minimum Gasteiger partial charge on any atom is -0.491 e. The second kappa shape index (κ2) is 9.24. The lowest BCUT2D eigenvalue weighted by molar-refractivity contribution is -0.131. The Bertz CT molecular complexity index is 790. The number of ether oxygens (including phenoxy) is 1. The first-order chi connectivity index (χ1) is 13.5. The fourth-order valence-electron chi connectivity index (χ4n) is 3.65. The molecule has 1 aliphatic heterocycles. The number of nitrogens with zero attached hydrogens (tertiary/aromatic N) is 1. The van der Waals surface area contributed by atoms with Gasteiger partial charge in [0.25, 0.3) is 0 Å². The number of carbonyl (C=O) groups is 1. The predicted molar refractivity (Wildman–Crippen MR) is 112 cm³/mol. The van der Waals surface area contributed by atoms with E-state index in [2.05, 4.69) is 26.0 Å². The maximum absolute atomic E-state index is 12.6. The van der Waals surface area contributed by atoms with Crippen molar-refractivity contribution in [1.29, 1.82) is 0 Å². The Morgan fingerprint density at radius 1 is 1.07 bits per heavy atom. The third kappa shape index (κ3) is 5.59. The molecule has 0 radical (unpaired) electrons. The van der Waals surface area contributed by atoms with Crippen molar-refractivity contribution in [3.05, 3.63) is 65.2 Å². The van der Waals surface area contributed by atoms with E-state index in [0.717, 1.165) is 18.6 Å². The zero-order chi connectivity index (χ0) is 20.0. The number of aliphatic hydroxyl groups is 1. The molecule has 0 bridgehead atoms. The summed E-state index contributed by atoms with van der Waals surface area (Å²) in [6, 6.07) is 16.1. The van der Waals surface area contributed by atoms with E-state index in [1.807, 2.05) is 41.3 Å². The van der Waals surface area contributed by atoms with Crippen molar-refractivity contribution in [3.63, 3.8) is 0 Å². The molecule has 1 saturated heterocycles. The molecule has 1 fully saturated rings. The van der Waals surface area contributed by atoms with Crippen LogP contribution in [-0.4, -0.2) is 41.2 Å². The Morgan fingerprint density at radius 2 is 1.86 bits per heavy atom. The smallest absolute Gasteiger partial charge is 0.222 e. The third-order valence-electron chi connectivity index (χ3n) is 5.73. The predicted octanol–water partition coefficient (Wildman–Crippen LogP) is 4.06. The molecule has 3 rings (SSSR count). The standard InChI is InChI=1S/C24H31NO3/c1-19-9-11-22(17-20(19)2)28-18-24(27)13-6-15-25(16-14-24)23(26)12-10-21-7-4-3-5-8-21/h3-5,7-9,11,17,27H,6,10,12-16,18H2,1-2H3. The summed E-state index contributed by atoms with van der Waals surface area (Å²) in [5.41, 5.74) is 2.71. The van der Waals surface area contributed by atoms with Gasteiger partial charge in [0.2, 0.25) is 5.91 Å². The Kier molecular flexibility index (Phi) is 6.74. The minimum atomic E-state index is -0.882. The second-order valence-electron chi connectivity index (χ2n) is 7.98. The number of rotatable bonds is 6. The average molecular weight is 382 g/mol. The Labute approximate surface area is 168 Å². The Hall–Kier alpha value is -2.33. The lowest BCUT2D eigenvalue weighted by Gasteiger charge is -2.27. The fourth-order valence-corrected chi connectivity index (χ4v) is 3.65. The number of aryl methyl sites for hydroxylation is 3. The van der Waals surface area contributed by atoms with Crippen LogP contribution < -0.4 is 4.74 Å². The summed E-state index contributed by atoms with van der Waals surface area (Å²) in [5.74, 6) is 0.958. The molecule has 0 saturated carbocycles. The normalized spacial score (nSPS) is 19.9. The molecular formula is C24H31NO3. The van der Waals surface area contributed by atoms with Crippen LogP contribution in [0.4, 0.5) is 0 Å². The molecule has 1 atom stereocenters. The molecule has 4 heteroatoms. The number of hydrogen-bond donors (Lipinski definition) is 1. The summed E-state index contributed by atoms with van der Waals surface area (Å²) in [4.78, 5) is 14.5. The van der Waals surface area contributed by atoms with E-state index in [9.17, 15) is 9.90 Å².